The molecule has 0 nitrogen and oxygen atoms in total. The Morgan fingerprint density at radius 3 is 1.40 bits per heavy atom. The molecule has 0 atom stereocenters. The van der Waals surface area contributed by atoms with Crippen molar-refractivity contribution < 1.29 is 37.4 Å². The Morgan fingerprint density at radius 1 is 0.533 bits per heavy atom. The van der Waals surface area contributed by atoms with Crippen molar-refractivity contribution in [2.24, 2.45) is 0 Å². The largest absolute Gasteiger partial charge is 0.214 e. The molecule has 0 aliphatic carbocycles. The van der Waals surface area contributed by atoms with Gasteiger partial charge in [0.2, 0.25) is 0 Å². The van der Waals surface area contributed by atoms with E-state index in [0.717, 1.165) is 12.1 Å². The van der Waals surface area contributed by atoms with E-state index in [1.54, 1.807) is 0 Å². The van der Waals surface area contributed by atoms with Crippen LogP contribution < -0.4 is 0 Å². The smallest absolute Gasteiger partial charge is 0.0801 e. The van der Waals surface area contributed by atoms with E-state index in [2.05, 4.69) is 167 Å². The van der Waals surface area contributed by atoms with E-state index in [-0.39, 0.29) is 10.8 Å². The molecule has 0 aromatic heterocycles. The van der Waals surface area contributed by atoms with Crippen LogP contribution in [0, 0.1) is 12.1 Å². The van der Waals surface area contributed by atoms with Gasteiger partial charge in [0.15, 0.2) is 0 Å². The Morgan fingerprint density at radius 2 is 1.00 bits per heavy atom. The van der Waals surface area contributed by atoms with Crippen LogP contribution in [-0.2, 0) is 41.2 Å². The van der Waals surface area contributed by atoms with Crippen LogP contribution in [0.5, 0.6) is 0 Å². The maximum absolute atomic E-state index is 11.8. The first-order valence-electron chi connectivity index (χ1n) is 19.9. The van der Waals surface area contributed by atoms with Crippen LogP contribution in [0.1, 0.15) is 58.2 Å². The summed E-state index contributed by atoms with van der Waals surface area (Å²) in [6.45, 7) is 13.9. The molecule has 60 heavy (non-hydrogen) atoms. The van der Waals surface area contributed by atoms with Crippen molar-refractivity contribution in [1.29, 1.82) is 0 Å². The topological polar surface area (TPSA) is 0 Å². The third kappa shape index (κ3) is 12.1. The van der Waals surface area contributed by atoms with E-state index >= 15 is 0 Å². The van der Waals surface area contributed by atoms with Crippen LogP contribution in [0.25, 0.3) is 54.6 Å². The quantitative estimate of drug-likeness (QED) is 0.152. The first-order chi connectivity index (χ1) is 28.7. The minimum Gasteiger partial charge on any atom is -0.214 e. The van der Waals surface area contributed by atoms with E-state index in [0.29, 0.717) is 0 Å². The van der Waals surface area contributed by atoms with Crippen LogP contribution in [0.3, 0.4) is 0 Å². The van der Waals surface area contributed by atoms with Crippen molar-refractivity contribution in [3.8, 4) is 22.3 Å². The Labute approximate surface area is 369 Å². The zero-order valence-corrected chi connectivity index (χ0v) is 37.7. The second-order valence-corrected chi connectivity index (χ2v) is 16.4. The van der Waals surface area contributed by atoms with Crippen molar-refractivity contribution in [2.75, 3.05) is 0 Å². The first kappa shape index (κ1) is 45.6. The van der Waals surface area contributed by atoms with Gasteiger partial charge in [-0.15, -0.1) is 86.9 Å². The maximum Gasteiger partial charge on any atom is -0.0801 e. The van der Waals surface area contributed by atoms with E-state index in [9.17, 15) is 13.2 Å². The van der Waals surface area contributed by atoms with E-state index in [1.165, 1.54) is 102 Å². The van der Waals surface area contributed by atoms with Gasteiger partial charge in [-0.1, -0.05) is 132 Å². The molecule has 4 heteroatoms. The molecule has 0 bridgehead atoms. The average Bonchev–Trinajstić information content (AvgIpc) is 3.96. The summed E-state index contributed by atoms with van der Waals surface area (Å²) in [6.07, 6.45) is -4.24. The molecule has 9 aromatic rings. The SMILES string of the molecule is CC(C)(C)c1cc2c(cc1-c1ccccc1)[cH-]c1cc(-c3ccccc3)c(C(C)(C)C)cc12.FC(F)(F)c1c[c-]ccc1.[CH2]=[Zr].[c-]1cccc2ccccc12.c1cc[cH-]c1. The summed E-state index contributed by atoms with van der Waals surface area (Å²) in [5, 5.41) is 7.80. The summed E-state index contributed by atoms with van der Waals surface area (Å²) in [5.41, 5.74) is 7.51. The van der Waals surface area contributed by atoms with Crippen LogP contribution in [-0.4, -0.2) is 4.21 Å². The molecule has 0 saturated heterocycles. The molecule has 304 valence electrons. The number of hydrogen-bond acceptors (Lipinski definition) is 0. The number of hydrogen-bond donors (Lipinski definition) is 0. The molecule has 0 fully saturated rings. The fourth-order valence-corrected chi connectivity index (χ4v) is 7.01. The van der Waals surface area contributed by atoms with Crippen LogP contribution in [0.4, 0.5) is 13.2 Å². The summed E-state index contributed by atoms with van der Waals surface area (Å²) < 4.78 is 38.6. The van der Waals surface area contributed by atoms with Gasteiger partial charge in [-0.3, -0.25) is 0 Å². The molecule has 0 heterocycles. The summed E-state index contributed by atoms with van der Waals surface area (Å²) in [6, 6.07) is 68.1. The number of benzene rings is 7. The minimum absolute atomic E-state index is 0.0554. The standard InChI is InChI=1S/C33H33.C10H7.C7H4F3.C5H5.CH2.Zr/c1-32(2,3)30-20-26-24(18-28(30)22-13-9-7-10-14-22)17-25-19-29(23-15-11-8-12-16-23)31(21-27(25)26)33(4,5)6;1-2-6-10-8-4-3-7-9(10)5-1;8-7(9,10)6-4-2-1-3-5-6;1-2-4-5-3-1;;/h7-21H,1-6H3;1-7H;1-2,4-5H;1-5H;1H2;/q4*-1;;. The molecule has 0 spiro atoms. The normalized spacial score (nSPS) is 11.2. The molecular formula is C56H51F3Zr-4. The van der Waals surface area contributed by atoms with Crippen molar-refractivity contribution in [2.45, 2.75) is 58.5 Å². The molecule has 9 aromatic carbocycles. The summed E-state index contributed by atoms with van der Waals surface area (Å²) in [4.78, 5) is 0. The number of alkyl halides is 3. The van der Waals surface area contributed by atoms with Crippen LogP contribution in [0.2, 0.25) is 0 Å². The van der Waals surface area contributed by atoms with Crippen molar-refractivity contribution >= 4 is 36.5 Å². The first-order valence-corrected chi connectivity index (χ1v) is 21.7. The van der Waals surface area contributed by atoms with Gasteiger partial charge >= 0.3 is 34.6 Å². The number of rotatable bonds is 2. The Kier molecular flexibility index (Phi) is 15.7. The van der Waals surface area contributed by atoms with Gasteiger partial charge in [0, 0.05) is 0 Å². The third-order valence-electron chi connectivity index (χ3n) is 9.93. The van der Waals surface area contributed by atoms with Crippen LogP contribution in [0.15, 0.2) is 188 Å². The molecule has 0 aliphatic heterocycles. The predicted molar refractivity (Wildman–Crippen MR) is 248 cm³/mol. The van der Waals surface area contributed by atoms with Crippen LogP contribution >= 0.6 is 0 Å². The molecule has 0 radical (unpaired) electrons. The molecule has 0 amide bonds. The maximum atomic E-state index is 11.8. The molecular weight excluding hydrogens is 821 g/mol. The summed E-state index contributed by atoms with van der Waals surface area (Å²) >= 11 is 1.30. The fraction of sp³-hybridized carbons (Fsp3) is 0.161. The van der Waals surface area contributed by atoms with Gasteiger partial charge in [-0.05, 0) is 44.2 Å². The van der Waals surface area contributed by atoms with Gasteiger partial charge < -0.3 is 0 Å². The second-order valence-electron chi connectivity index (χ2n) is 16.4. The van der Waals surface area contributed by atoms with Crippen molar-refractivity contribution in [1.82, 2.24) is 0 Å². The zero-order chi connectivity index (χ0) is 43.3. The molecule has 0 N–H and O–H groups in total. The summed E-state index contributed by atoms with van der Waals surface area (Å²) in [7, 11) is 0. The predicted octanol–water partition coefficient (Wildman–Crippen LogP) is 16.2. The van der Waals surface area contributed by atoms with E-state index in [1.807, 2.05) is 54.6 Å². The van der Waals surface area contributed by atoms with Gasteiger partial charge in [0.25, 0.3) is 0 Å². The van der Waals surface area contributed by atoms with Gasteiger partial charge in [-0.25, -0.2) is 12.1 Å². The van der Waals surface area contributed by atoms with Crippen molar-refractivity contribution in [3.05, 3.63) is 217 Å². The molecule has 0 aliphatic rings. The van der Waals surface area contributed by atoms with Gasteiger partial charge in [-0.2, -0.15) is 61.7 Å². The molecule has 0 saturated carbocycles. The minimum atomic E-state index is -4.24. The fourth-order valence-electron chi connectivity index (χ4n) is 7.01. The number of halogens is 3. The molecule has 9 rings (SSSR count). The average molecular weight is 872 g/mol. The van der Waals surface area contributed by atoms with Gasteiger partial charge in [0.05, 0.1) is 0 Å². The Hall–Kier alpha value is -5.44. The van der Waals surface area contributed by atoms with E-state index in [4.69, 9.17) is 0 Å². The van der Waals surface area contributed by atoms with Gasteiger partial charge in [0.1, 0.15) is 0 Å². The molecule has 0 unspecified atom stereocenters. The van der Waals surface area contributed by atoms with Crippen molar-refractivity contribution in [3.63, 3.8) is 0 Å². The number of fused-ring (bicyclic) bond motifs is 4. The zero-order valence-electron chi connectivity index (χ0n) is 35.2. The monoisotopic (exact) mass is 870 g/mol. The Balaban J connectivity index is 0.000000203. The van der Waals surface area contributed by atoms with E-state index < -0.39 is 11.7 Å². The summed E-state index contributed by atoms with van der Waals surface area (Å²) in [5.74, 6) is 0. The second kappa shape index (κ2) is 20.7. The third-order valence-corrected chi connectivity index (χ3v) is 9.93. The Bertz CT molecular complexity index is 2460.